The molecule has 2 nitrogen and oxygen atoms in total. The van der Waals surface area contributed by atoms with Gasteiger partial charge in [0, 0.05) is 30.2 Å². The van der Waals surface area contributed by atoms with Gasteiger partial charge in [-0.2, -0.15) is 0 Å². The standard InChI is InChI=1S/C13H17Cl3N2/c1-8(2)18-4-3-10(7-18)17-13-11(15)5-9(14)6-12(13)16/h5-6,8,10,17H,3-4,7H2,1-2H3. The second kappa shape index (κ2) is 5.87. The molecule has 18 heavy (non-hydrogen) atoms. The summed E-state index contributed by atoms with van der Waals surface area (Å²) in [6.45, 7) is 6.56. The smallest absolute Gasteiger partial charge is 0.0722 e. The quantitative estimate of drug-likeness (QED) is 0.882. The zero-order valence-electron chi connectivity index (χ0n) is 10.5. The van der Waals surface area contributed by atoms with Crippen LogP contribution in [0.2, 0.25) is 15.1 Å². The Hall–Kier alpha value is -0.150. The third-order valence-electron chi connectivity index (χ3n) is 3.31. The van der Waals surface area contributed by atoms with E-state index in [0.717, 1.165) is 25.2 Å². The predicted octanol–water partition coefficient (Wildman–Crippen LogP) is 4.54. The minimum Gasteiger partial charge on any atom is -0.379 e. The Morgan fingerprint density at radius 2 is 1.83 bits per heavy atom. The molecule has 0 aliphatic carbocycles. The molecule has 1 aromatic rings. The Kier molecular flexibility index (Phi) is 4.65. The first-order valence-electron chi connectivity index (χ1n) is 6.12. The molecule has 0 radical (unpaired) electrons. The van der Waals surface area contributed by atoms with E-state index in [-0.39, 0.29) is 0 Å². The zero-order chi connectivity index (χ0) is 13.3. The Morgan fingerprint density at radius 3 is 2.33 bits per heavy atom. The maximum atomic E-state index is 6.17. The van der Waals surface area contributed by atoms with E-state index in [4.69, 9.17) is 34.8 Å². The number of halogens is 3. The fourth-order valence-electron chi connectivity index (χ4n) is 2.26. The molecule has 1 aliphatic rings. The SMILES string of the molecule is CC(C)N1CCC(Nc2c(Cl)cc(Cl)cc2Cl)C1. The van der Waals surface area contributed by atoms with Crippen molar-refractivity contribution in [3.63, 3.8) is 0 Å². The van der Waals surface area contributed by atoms with Crippen molar-refractivity contribution in [3.8, 4) is 0 Å². The monoisotopic (exact) mass is 306 g/mol. The highest BCUT2D eigenvalue weighted by Crippen LogP contribution is 2.34. The van der Waals surface area contributed by atoms with Crippen molar-refractivity contribution < 1.29 is 0 Å². The molecular weight excluding hydrogens is 291 g/mol. The predicted molar refractivity (Wildman–Crippen MR) is 80.2 cm³/mol. The van der Waals surface area contributed by atoms with Crippen LogP contribution in [0.5, 0.6) is 0 Å². The van der Waals surface area contributed by atoms with E-state index in [1.165, 1.54) is 0 Å². The van der Waals surface area contributed by atoms with E-state index in [9.17, 15) is 0 Å². The summed E-state index contributed by atoms with van der Waals surface area (Å²) in [6, 6.07) is 4.40. The topological polar surface area (TPSA) is 15.3 Å². The van der Waals surface area contributed by atoms with Crippen LogP contribution < -0.4 is 5.32 Å². The van der Waals surface area contributed by atoms with Crippen molar-refractivity contribution >= 4 is 40.5 Å². The molecule has 1 heterocycles. The van der Waals surface area contributed by atoms with Crippen molar-refractivity contribution in [2.75, 3.05) is 18.4 Å². The van der Waals surface area contributed by atoms with Crippen LogP contribution in [-0.2, 0) is 0 Å². The van der Waals surface area contributed by atoms with Gasteiger partial charge in [0.1, 0.15) is 0 Å². The van der Waals surface area contributed by atoms with E-state index in [0.29, 0.717) is 27.2 Å². The molecule has 1 unspecified atom stereocenters. The van der Waals surface area contributed by atoms with Gasteiger partial charge >= 0.3 is 0 Å². The third kappa shape index (κ3) is 3.24. The van der Waals surface area contributed by atoms with Crippen LogP contribution in [0.15, 0.2) is 12.1 Å². The normalized spacial score (nSPS) is 20.7. The van der Waals surface area contributed by atoms with Gasteiger partial charge in [0.05, 0.1) is 15.7 Å². The van der Waals surface area contributed by atoms with E-state index in [1.807, 2.05) is 0 Å². The third-order valence-corrected chi connectivity index (χ3v) is 4.12. The van der Waals surface area contributed by atoms with Gasteiger partial charge in [-0.3, -0.25) is 4.90 Å². The van der Waals surface area contributed by atoms with E-state index < -0.39 is 0 Å². The lowest BCUT2D eigenvalue weighted by Gasteiger charge is -2.21. The number of hydrogen-bond acceptors (Lipinski definition) is 2. The summed E-state index contributed by atoms with van der Waals surface area (Å²) in [5, 5.41) is 5.14. The Morgan fingerprint density at radius 1 is 1.22 bits per heavy atom. The number of rotatable bonds is 3. The fraction of sp³-hybridized carbons (Fsp3) is 0.538. The average molecular weight is 308 g/mol. The van der Waals surface area contributed by atoms with E-state index in [2.05, 4.69) is 24.1 Å². The molecule has 0 spiro atoms. The summed E-state index contributed by atoms with van der Waals surface area (Å²) >= 11 is 18.2. The minimum atomic E-state index is 0.392. The second-order valence-electron chi connectivity index (χ2n) is 4.96. The van der Waals surface area contributed by atoms with Crippen molar-refractivity contribution in [2.45, 2.75) is 32.4 Å². The van der Waals surface area contributed by atoms with Crippen molar-refractivity contribution in [1.29, 1.82) is 0 Å². The van der Waals surface area contributed by atoms with Gasteiger partial charge in [0.2, 0.25) is 0 Å². The molecular formula is C13H17Cl3N2. The molecule has 0 aromatic heterocycles. The maximum Gasteiger partial charge on any atom is 0.0722 e. The number of nitrogens with one attached hydrogen (secondary N) is 1. The van der Waals surface area contributed by atoms with Crippen LogP contribution in [0.1, 0.15) is 20.3 Å². The van der Waals surface area contributed by atoms with Gasteiger partial charge in [-0.15, -0.1) is 0 Å². The van der Waals surface area contributed by atoms with Gasteiger partial charge in [0.25, 0.3) is 0 Å². The molecule has 1 aliphatic heterocycles. The Balaban J connectivity index is 2.07. The maximum absolute atomic E-state index is 6.17. The molecule has 1 aromatic carbocycles. The van der Waals surface area contributed by atoms with Crippen LogP contribution in [-0.4, -0.2) is 30.1 Å². The Labute approximate surface area is 123 Å². The molecule has 0 saturated carbocycles. The number of benzene rings is 1. The lowest BCUT2D eigenvalue weighted by atomic mass is 10.2. The molecule has 0 amide bonds. The largest absolute Gasteiger partial charge is 0.379 e. The second-order valence-corrected chi connectivity index (χ2v) is 6.21. The fourth-order valence-corrected chi connectivity index (χ4v) is 3.18. The summed E-state index contributed by atoms with van der Waals surface area (Å²) in [5.74, 6) is 0. The van der Waals surface area contributed by atoms with Gasteiger partial charge < -0.3 is 5.32 Å². The summed E-state index contributed by atoms with van der Waals surface area (Å²) in [6.07, 6.45) is 1.10. The summed E-state index contributed by atoms with van der Waals surface area (Å²) in [4.78, 5) is 2.44. The summed E-state index contributed by atoms with van der Waals surface area (Å²) in [5.41, 5.74) is 0.790. The van der Waals surface area contributed by atoms with E-state index in [1.54, 1.807) is 12.1 Å². The summed E-state index contributed by atoms with van der Waals surface area (Å²) < 4.78 is 0. The van der Waals surface area contributed by atoms with Gasteiger partial charge in [0.15, 0.2) is 0 Å². The highest BCUT2D eigenvalue weighted by atomic mass is 35.5. The molecule has 1 fully saturated rings. The number of anilines is 1. The Bertz CT molecular complexity index is 411. The number of hydrogen-bond donors (Lipinski definition) is 1. The zero-order valence-corrected chi connectivity index (χ0v) is 12.8. The molecule has 1 N–H and O–H groups in total. The van der Waals surface area contributed by atoms with Crippen LogP contribution in [0.4, 0.5) is 5.69 Å². The first-order valence-corrected chi connectivity index (χ1v) is 7.26. The lowest BCUT2D eigenvalue weighted by molar-refractivity contribution is 0.274. The average Bonchev–Trinajstić information content (AvgIpc) is 2.71. The van der Waals surface area contributed by atoms with Crippen LogP contribution in [0, 0.1) is 0 Å². The van der Waals surface area contributed by atoms with Crippen LogP contribution >= 0.6 is 34.8 Å². The molecule has 1 atom stereocenters. The number of likely N-dealkylation sites (tertiary alicyclic amines) is 1. The first-order chi connectivity index (χ1) is 8.47. The molecule has 100 valence electrons. The highest BCUT2D eigenvalue weighted by molar-refractivity contribution is 6.41. The minimum absolute atomic E-state index is 0.392. The van der Waals surface area contributed by atoms with E-state index >= 15 is 0 Å². The van der Waals surface area contributed by atoms with Crippen molar-refractivity contribution in [1.82, 2.24) is 4.90 Å². The first kappa shape index (κ1) is 14.3. The van der Waals surface area contributed by atoms with Crippen LogP contribution in [0.3, 0.4) is 0 Å². The lowest BCUT2D eigenvalue weighted by Crippen LogP contribution is -2.31. The molecule has 0 bridgehead atoms. The van der Waals surface area contributed by atoms with Gasteiger partial charge in [-0.05, 0) is 32.4 Å². The number of nitrogens with zero attached hydrogens (tertiary/aromatic N) is 1. The summed E-state index contributed by atoms with van der Waals surface area (Å²) in [7, 11) is 0. The molecule has 2 rings (SSSR count). The van der Waals surface area contributed by atoms with Crippen molar-refractivity contribution in [2.24, 2.45) is 0 Å². The molecule has 1 saturated heterocycles. The van der Waals surface area contributed by atoms with Crippen LogP contribution in [0.25, 0.3) is 0 Å². The highest BCUT2D eigenvalue weighted by Gasteiger charge is 2.25. The van der Waals surface area contributed by atoms with Gasteiger partial charge in [-0.25, -0.2) is 0 Å². The van der Waals surface area contributed by atoms with Gasteiger partial charge in [-0.1, -0.05) is 34.8 Å². The molecule has 5 heteroatoms. The van der Waals surface area contributed by atoms with Crippen molar-refractivity contribution in [3.05, 3.63) is 27.2 Å².